The molecule has 1 aromatic carbocycles. The quantitative estimate of drug-likeness (QED) is 0.871. The molecule has 2 rings (SSSR count). The highest BCUT2D eigenvalue weighted by Crippen LogP contribution is 2.22. The van der Waals surface area contributed by atoms with Gasteiger partial charge in [0.25, 0.3) is 0 Å². The van der Waals surface area contributed by atoms with E-state index in [9.17, 15) is 4.79 Å². The van der Waals surface area contributed by atoms with Crippen molar-refractivity contribution in [2.24, 2.45) is 5.73 Å². The zero-order valence-electron chi connectivity index (χ0n) is 9.43. The Morgan fingerprint density at radius 3 is 2.65 bits per heavy atom. The van der Waals surface area contributed by atoms with E-state index in [1.165, 1.54) is 0 Å². The van der Waals surface area contributed by atoms with Crippen LogP contribution in [-0.4, -0.2) is 17.4 Å². The van der Waals surface area contributed by atoms with Crippen molar-refractivity contribution in [3.8, 4) is 11.3 Å². The normalized spacial score (nSPS) is 10.2. The summed E-state index contributed by atoms with van der Waals surface area (Å²) in [7, 11) is 0. The molecule has 0 fully saturated rings. The Kier molecular flexibility index (Phi) is 3.51. The van der Waals surface area contributed by atoms with E-state index in [2.05, 4.69) is 10.3 Å². The lowest BCUT2D eigenvalue weighted by Gasteiger charge is -2.03. The third-order valence-electron chi connectivity index (χ3n) is 2.27. The number of thiazole rings is 1. The van der Waals surface area contributed by atoms with Gasteiger partial charge >= 0.3 is 0 Å². The van der Waals surface area contributed by atoms with Crippen LogP contribution in [0.4, 0.5) is 5.69 Å². The molecule has 3 N–H and O–H groups in total. The predicted molar refractivity (Wildman–Crippen MR) is 70.0 cm³/mol. The van der Waals surface area contributed by atoms with Gasteiger partial charge in [-0.2, -0.15) is 0 Å². The van der Waals surface area contributed by atoms with Crippen LogP contribution in [0.25, 0.3) is 11.3 Å². The molecular weight excluding hydrogens is 234 g/mol. The lowest BCUT2D eigenvalue weighted by atomic mass is 10.1. The summed E-state index contributed by atoms with van der Waals surface area (Å²) in [6, 6.07) is 7.55. The third kappa shape index (κ3) is 2.89. The lowest BCUT2D eigenvalue weighted by Crippen LogP contribution is -2.21. The topological polar surface area (TPSA) is 68.0 Å². The molecule has 4 nitrogen and oxygen atoms in total. The summed E-state index contributed by atoms with van der Waals surface area (Å²) in [5.41, 5.74) is 7.97. The molecule has 0 saturated heterocycles. The highest BCUT2D eigenvalue weighted by molar-refractivity contribution is 7.09. The van der Waals surface area contributed by atoms with Crippen molar-refractivity contribution in [3.63, 3.8) is 0 Å². The summed E-state index contributed by atoms with van der Waals surface area (Å²) in [5.74, 6) is -0.192. The number of amides is 1. The highest BCUT2D eigenvalue weighted by atomic mass is 32.1. The van der Waals surface area contributed by atoms with Crippen LogP contribution in [0.1, 0.15) is 5.01 Å². The predicted octanol–water partition coefficient (Wildman–Crippen LogP) is 2.02. The first-order valence-corrected chi connectivity index (χ1v) is 6.09. The fourth-order valence-electron chi connectivity index (χ4n) is 1.43. The molecule has 5 heteroatoms. The molecule has 0 spiro atoms. The Bertz CT molecular complexity index is 519. The van der Waals surface area contributed by atoms with Crippen molar-refractivity contribution in [3.05, 3.63) is 34.7 Å². The van der Waals surface area contributed by atoms with Gasteiger partial charge < -0.3 is 11.1 Å². The van der Waals surface area contributed by atoms with Gasteiger partial charge in [-0.05, 0) is 19.1 Å². The van der Waals surface area contributed by atoms with E-state index in [-0.39, 0.29) is 12.5 Å². The first kappa shape index (κ1) is 11.8. The van der Waals surface area contributed by atoms with Gasteiger partial charge in [-0.1, -0.05) is 12.1 Å². The monoisotopic (exact) mass is 247 g/mol. The molecule has 1 heterocycles. The maximum atomic E-state index is 11.1. The van der Waals surface area contributed by atoms with Gasteiger partial charge in [0.05, 0.1) is 17.2 Å². The molecule has 0 unspecified atom stereocenters. The molecule has 0 saturated carbocycles. The molecule has 88 valence electrons. The summed E-state index contributed by atoms with van der Waals surface area (Å²) in [5, 5.41) is 5.75. The number of hydrogen-bond donors (Lipinski definition) is 2. The van der Waals surface area contributed by atoms with Gasteiger partial charge in [0.2, 0.25) is 5.91 Å². The second-order valence-electron chi connectivity index (χ2n) is 3.58. The molecular formula is C12H13N3OS. The Labute approximate surface area is 103 Å². The van der Waals surface area contributed by atoms with E-state index in [1.54, 1.807) is 11.3 Å². The summed E-state index contributed by atoms with van der Waals surface area (Å²) in [4.78, 5) is 15.5. The van der Waals surface area contributed by atoms with Crippen LogP contribution in [0.3, 0.4) is 0 Å². The zero-order valence-corrected chi connectivity index (χ0v) is 10.3. The maximum Gasteiger partial charge on any atom is 0.238 e. The first-order valence-electron chi connectivity index (χ1n) is 5.21. The standard InChI is InChI=1S/C12H13N3OS/c1-8-14-11(7-17-8)9-2-4-10(5-3-9)15-12(16)6-13/h2-5,7H,6,13H2,1H3,(H,15,16). The molecule has 0 bridgehead atoms. The Morgan fingerprint density at radius 2 is 2.12 bits per heavy atom. The van der Waals surface area contributed by atoms with Crippen LogP contribution in [0, 0.1) is 6.92 Å². The minimum Gasteiger partial charge on any atom is -0.325 e. The number of aryl methyl sites for hydroxylation is 1. The maximum absolute atomic E-state index is 11.1. The molecule has 0 aliphatic rings. The van der Waals surface area contributed by atoms with E-state index < -0.39 is 0 Å². The summed E-state index contributed by atoms with van der Waals surface area (Å²) < 4.78 is 0. The van der Waals surface area contributed by atoms with Crippen molar-refractivity contribution in [2.45, 2.75) is 6.92 Å². The number of anilines is 1. The SMILES string of the molecule is Cc1nc(-c2ccc(NC(=O)CN)cc2)cs1. The second kappa shape index (κ2) is 5.07. The minimum absolute atomic E-state index is 0.00691. The van der Waals surface area contributed by atoms with E-state index in [0.29, 0.717) is 0 Å². The van der Waals surface area contributed by atoms with Crippen molar-refractivity contribution in [1.82, 2.24) is 4.98 Å². The molecule has 0 atom stereocenters. The lowest BCUT2D eigenvalue weighted by molar-refractivity contribution is -0.114. The van der Waals surface area contributed by atoms with E-state index >= 15 is 0 Å². The van der Waals surface area contributed by atoms with E-state index in [0.717, 1.165) is 22.0 Å². The number of benzene rings is 1. The summed E-state index contributed by atoms with van der Waals surface area (Å²) >= 11 is 1.62. The molecule has 2 aromatic rings. The third-order valence-corrected chi connectivity index (χ3v) is 3.04. The van der Waals surface area contributed by atoms with Gasteiger partial charge in [-0.3, -0.25) is 4.79 Å². The van der Waals surface area contributed by atoms with Crippen LogP contribution in [0.15, 0.2) is 29.6 Å². The Hall–Kier alpha value is -1.72. The van der Waals surface area contributed by atoms with E-state index in [4.69, 9.17) is 5.73 Å². The number of nitrogens with zero attached hydrogens (tertiary/aromatic N) is 1. The number of aromatic nitrogens is 1. The first-order chi connectivity index (χ1) is 8.19. The van der Waals surface area contributed by atoms with Crippen LogP contribution in [0.2, 0.25) is 0 Å². The molecule has 1 aromatic heterocycles. The number of carbonyl (C=O) groups is 1. The summed E-state index contributed by atoms with van der Waals surface area (Å²) in [6.07, 6.45) is 0. The van der Waals surface area contributed by atoms with Gasteiger partial charge in [0.15, 0.2) is 0 Å². The largest absolute Gasteiger partial charge is 0.325 e. The van der Waals surface area contributed by atoms with Crippen molar-refractivity contribution >= 4 is 22.9 Å². The average Bonchev–Trinajstić information content (AvgIpc) is 2.77. The van der Waals surface area contributed by atoms with Crippen molar-refractivity contribution < 1.29 is 4.79 Å². The molecule has 17 heavy (non-hydrogen) atoms. The van der Waals surface area contributed by atoms with Crippen LogP contribution in [-0.2, 0) is 4.79 Å². The number of hydrogen-bond acceptors (Lipinski definition) is 4. The van der Waals surface area contributed by atoms with Crippen LogP contribution < -0.4 is 11.1 Å². The fraction of sp³-hybridized carbons (Fsp3) is 0.167. The second-order valence-corrected chi connectivity index (χ2v) is 4.64. The number of nitrogens with two attached hydrogens (primary N) is 1. The summed E-state index contributed by atoms with van der Waals surface area (Å²) in [6.45, 7) is 1.97. The smallest absolute Gasteiger partial charge is 0.238 e. The molecule has 0 aliphatic carbocycles. The molecule has 1 amide bonds. The minimum atomic E-state index is -0.192. The van der Waals surface area contributed by atoms with Crippen LogP contribution >= 0.6 is 11.3 Å². The highest BCUT2D eigenvalue weighted by Gasteiger charge is 2.03. The van der Waals surface area contributed by atoms with Gasteiger partial charge in [0, 0.05) is 16.6 Å². The van der Waals surface area contributed by atoms with E-state index in [1.807, 2.05) is 36.6 Å². The van der Waals surface area contributed by atoms with Crippen molar-refractivity contribution in [2.75, 3.05) is 11.9 Å². The van der Waals surface area contributed by atoms with Crippen LogP contribution in [0.5, 0.6) is 0 Å². The van der Waals surface area contributed by atoms with Gasteiger partial charge in [-0.15, -0.1) is 11.3 Å². The zero-order chi connectivity index (χ0) is 12.3. The van der Waals surface area contributed by atoms with Crippen molar-refractivity contribution in [1.29, 1.82) is 0 Å². The number of nitrogens with one attached hydrogen (secondary N) is 1. The molecule has 0 radical (unpaired) electrons. The number of carbonyl (C=O) groups excluding carboxylic acids is 1. The van der Waals surface area contributed by atoms with Gasteiger partial charge in [0.1, 0.15) is 0 Å². The average molecular weight is 247 g/mol. The fourth-order valence-corrected chi connectivity index (χ4v) is 2.05. The number of rotatable bonds is 3. The Morgan fingerprint density at radius 1 is 1.41 bits per heavy atom. The van der Waals surface area contributed by atoms with Gasteiger partial charge in [-0.25, -0.2) is 4.98 Å². The molecule has 0 aliphatic heterocycles. The Balaban J connectivity index is 2.15.